The molecule has 0 N–H and O–H groups in total. The van der Waals surface area contributed by atoms with Crippen LogP contribution in [-0.4, -0.2) is 67.2 Å². The van der Waals surface area contributed by atoms with Crippen molar-refractivity contribution in [1.29, 1.82) is 0 Å². The average molecular weight is 427 g/mol. The van der Waals surface area contributed by atoms with E-state index in [1.807, 2.05) is 20.8 Å². The fourth-order valence-electron chi connectivity index (χ4n) is 3.77. The summed E-state index contributed by atoms with van der Waals surface area (Å²) < 4.78 is 14.9. The van der Waals surface area contributed by atoms with Crippen LogP contribution in [0.15, 0.2) is 5.16 Å². The number of hydrogen-bond acceptors (Lipinski definition) is 8. The van der Waals surface area contributed by atoms with Gasteiger partial charge in [-0.15, -0.1) is 0 Å². The first-order valence-electron chi connectivity index (χ1n) is 10.5. The van der Waals surface area contributed by atoms with E-state index in [9.17, 15) is 14.4 Å². The Hall–Kier alpha value is -2.32. The minimum absolute atomic E-state index is 0.228. The van der Waals surface area contributed by atoms with Crippen LogP contribution in [0.25, 0.3) is 0 Å². The van der Waals surface area contributed by atoms with Crippen molar-refractivity contribution >= 4 is 23.7 Å². The molecule has 0 aromatic heterocycles. The Balaban J connectivity index is 1.74. The van der Waals surface area contributed by atoms with Gasteiger partial charge in [-0.05, 0) is 58.8 Å². The summed E-state index contributed by atoms with van der Waals surface area (Å²) in [7, 11) is 2.52. The molecule has 2 heterocycles. The van der Waals surface area contributed by atoms with Gasteiger partial charge in [0.1, 0.15) is 5.60 Å². The summed E-state index contributed by atoms with van der Waals surface area (Å²) in [6.45, 7) is 7.01. The molecule has 0 aromatic rings. The van der Waals surface area contributed by atoms with Crippen LogP contribution >= 0.6 is 0 Å². The lowest BCUT2D eigenvalue weighted by Gasteiger charge is -2.33. The lowest BCUT2D eigenvalue weighted by molar-refractivity contribution is -0.173. The maximum Gasteiger partial charge on any atom is 0.410 e. The lowest BCUT2D eigenvalue weighted by atomic mass is 9.89. The van der Waals surface area contributed by atoms with Gasteiger partial charge in [0.25, 0.3) is 0 Å². The molecule has 30 heavy (non-hydrogen) atoms. The number of methoxy groups -OCH3 is 2. The molecule has 9 nitrogen and oxygen atoms in total. The third-order valence-electron chi connectivity index (χ3n) is 5.40. The summed E-state index contributed by atoms with van der Waals surface area (Å²) in [4.78, 5) is 43.1. The lowest BCUT2D eigenvalue weighted by Crippen LogP contribution is -2.42. The molecular formula is C21H34N2O7. The van der Waals surface area contributed by atoms with Gasteiger partial charge in [-0.3, -0.25) is 4.79 Å². The van der Waals surface area contributed by atoms with Gasteiger partial charge >= 0.3 is 18.0 Å². The molecular weight excluding hydrogens is 392 g/mol. The van der Waals surface area contributed by atoms with E-state index >= 15 is 0 Å². The van der Waals surface area contributed by atoms with Crippen molar-refractivity contribution in [2.45, 2.75) is 76.9 Å². The van der Waals surface area contributed by atoms with Gasteiger partial charge in [0.05, 0.1) is 26.4 Å². The van der Waals surface area contributed by atoms with Gasteiger partial charge in [0, 0.05) is 19.5 Å². The first-order valence-corrected chi connectivity index (χ1v) is 10.5. The van der Waals surface area contributed by atoms with Crippen LogP contribution < -0.4 is 0 Å². The third-order valence-corrected chi connectivity index (χ3v) is 5.40. The number of nitrogens with zero attached hydrogens (tertiary/aromatic N) is 2. The highest BCUT2D eigenvalue weighted by Crippen LogP contribution is 2.32. The molecule has 0 saturated carbocycles. The zero-order valence-electron chi connectivity index (χ0n) is 18.7. The Morgan fingerprint density at radius 3 is 2.40 bits per heavy atom. The van der Waals surface area contributed by atoms with E-state index in [1.54, 1.807) is 4.90 Å². The summed E-state index contributed by atoms with van der Waals surface area (Å²) >= 11 is 0. The maximum absolute atomic E-state index is 12.2. The van der Waals surface area contributed by atoms with Gasteiger partial charge in [0.15, 0.2) is 0 Å². The number of carbonyl (C=O) groups excluding carboxylic acids is 3. The van der Waals surface area contributed by atoms with Gasteiger partial charge in [-0.1, -0.05) is 5.16 Å². The van der Waals surface area contributed by atoms with E-state index in [1.165, 1.54) is 14.2 Å². The average Bonchev–Trinajstić information content (AvgIpc) is 3.10. The largest absolute Gasteiger partial charge is 0.469 e. The maximum atomic E-state index is 12.2. The van der Waals surface area contributed by atoms with Crippen LogP contribution in [0.5, 0.6) is 0 Å². The number of ether oxygens (including phenoxy) is 3. The van der Waals surface area contributed by atoms with Gasteiger partial charge in [0.2, 0.25) is 5.60 Å². The minimum atomic E-state index is -1.42. The van der Waals surface area contributed by atoms with Crippen molar-refractivity contribution in [1.82, 2.24) is 4.90 Å². The van der Waals surface area contributed by atoms with Crippen LogP contribution in [0, 0.1) is 5.92 Å². The van der Waals surface area contributed by atoms with E-state index in [2.05, 4.69) is 9.89 Å². The first kappa shape index (κ1) is 24.0. The molecule has 9 heteroatoms. The number of carbonyl (C=O) groups is 3. The zero-order valence-corrected chi connectivity index (χ0v) is 18.7. The molecule has 1 amide bonds. The third kappa shape index (κ3) is 6.60. The van der Waals surface area contributed by atoms with Gasteiger partial charge < -0.3 is 23.9 Å². The van der Waals surface area contributed by atoms with Crippen molar-refractivity contribution in [3.05, 3.63) is 0 Å². The second-order valence-corrected chi connectivity index (χ2v) is 8.97. The number of esters is 2. The fraction of sp³-hybridized carbons (Fsp3) is 0.810. The molecule has 2 rings (SSSR count). The Morgan fingerprint density at radius 1 is 1.17 bits per heavy atom. The zero-order chi connectivity index (χ0) is 22.4. The second kappa shape index (κ2) is 10.1. The molecule has 1 atom stereocenters. The van der Waals surface area contributed by atoms with E-state index in [-0.39, 0.29) is 18.9 Å². The van der Waals surface area contributed by atoms with Crippen LogP contribution in [0.3, 0.4) is 0 Å². The van der Waals surface area contributed by atoms with Gasteiger partial charge in [-0.2, -0.15) is 0 Å². The Kier molecular flexibility index (Phi) is 8.09. The standard InChI is InChI=1S/C21H34N2O7/c1-20(2,3)29-19(26)23-11-9-15(10-12-23)7-6-8-16-13-21(30-22-16,18(25)28-5)14-17(24)27-4/h15H,6-14H2,1-5H3. The summed E-state index contributed by atoms with van der Waals surface area (Å²) in [5.41, 5.74) is -1.16. The second-order valence-electron chi connectivity index (χ2n) is 8.97. The highest BCUT2D eigenvalue weighted by molar-refractivity contribution is 5.96. The molecule has 1 saturated heterocycles. The molecule has 2 aliphatic rings. The SMILES string of the molecule is COC(=O)CC1(C(=O)OC)CC(CCCC2CCN(C(=O)OC(C)(C)C)CC2)=NO1. The normalized spacial score (nSPS) is 22.2. The summed E-state index contributed by atoms with van der Waals surface area (Å²) in [5.74, 6) is -0.637. The molecule has 0 aromatic carbocycles. The molecule has 0 aliphatic carbocycles. The van der Waals surface area contributed by atoms with Crippen LogP contribution in [-0.2, 0) is 28.6 Å². The van der Waals surface area contributed by atoms with Crippen molar-refractivity contribution in [3.63, 3.8) is 0 Å². The molecule has 0 bridgehead atoms. The highest BCUT2D eigenvalue weighted by atomic mass is 16.7. The number of hydrogen-bond donors (Lipinski definition) is 0. The number of rotatable bonds is 7. The van der Waals surface area contributed by atoms with Crippen molar-refractivity contribution < 1.29 is 33.4 Å². The first-order chi connectivity index (χ1) is 14.1. The summed E-state index contributed by atoms with van der Waals surface area (Å²) in [6, 6.07) is 0. The van der Waals surface area contributed by atoms with E-state index in [4.69, 9.17) is 14.3 Å². The number of oxime groups is 1. The molecule has 1 unspecified atom stereocenters. The molecule has 0 radical (unpaired) electrons. The summed E-state index contributed by atoms with van der Waals surface area (Å²) in [6.07, 6.45) is 4.22. The van der Waals surface area contributed by atoms with Crippen LogP contribution in [0.4, 0.5) is 4.79 Å². The predicted molar refractivity (Wildman–Crippen MR) is 109 cm³/mol. The fourth-order valence-corrected chi connectivity index (χ4v) is 3.77. The minimum Gasteiger partial charge on any atom is -0.469 e. The molecule has 2 aliphatic heterocycles. The number of amides is 1. The molecule has 170 valence electrons. The van der Waals surface area contributed by atoms with Gasteiger partial charge in [-0.25, -0.2) is 9.59 Å². The predicted octanol–water partition coefficient (Wildman–Crippen LogP) is 3.06. The van der Waals surface area contributed by atoms with Crippen molar-refractivity contribution in [3.8, 4) is 0 Å². The highest BCUT2D eigenvalue weighted by Gasteiger charge is 2.49. The molecule has 0 spiro atoms. The Labute approximate surface area is 178 Å². The van der Waals surface area contributed by atoms with E-state index < -0.39 is 23.1 Å². The topological polar surface area (TPSA) is 104 Å². The summed E-state index contributed by atoms with van der Waals surface area (Å²) in [5, 5.41) is 4.04. The monoisotopic (exact) mass is 426 g/mol. The Morgan fingerprint density at radius 2 is 1.83 bits per heavy atom. The van der Waals surface area contributed by atoms with E-state index in [0.717, 1.165) is 31.4 Å². The van der Waals surface area contributed by atoms with Crippen molar-refractivity contribution in [2.75, 3.05) is 27.3 Å². The smallest absolute Gasteiger partial charge is 0.410 e. The van der Waals surface area contributed by atoms with Crippen LogP contribution in [0.1, 0.15) is 65.7 Å². The van der Waals surface area contributed by atoms with E-state index in [0.29, 0.717) is 25.4 Å². The molecule has 1 fully saturated rings. The van der Waals surface area contributed by atoms with Crippen molar-refractivity contribution in [2.24, 2.45) is 11.1 Å². The number of likely N-dealkylation sites (tertiary alicyclic amines) is 1. The Bertz CT molecular complexity index is 663. The number of piperidine rings is 1. The quantitative estimate of drug-likeness (QED) is 0.455. The van der Waals surface area contributed by atoms with Crippen LogP contribution in [0.2, 0.25) is 0 Å².